The first-order valence-corrected chi connectivity index (χ1v) is 13.3. The molecule has 5 nitrogen and oxygen atoms in total. The van der Waals surface area contributed by atoms with Crippen LogP contribution in [-0.4, -0.2) is 26.6 Å². The molecule has 0 bridgehead atoms. The number of sulfonamides is 1. The Kier molecular flexibility index (Phi) is 8.39. The summed E-state index contributed by atoms with van der Waals surface area (Å²) in [5.74, 6) is 0.826. The zero-order chi connectivity index (χ0) is 25.0. The van der Waals surface area contributed by atoms with E-state index in [-0.39, 0.29) is 23.6 Å². The summed E-state index contributed by atoms with van der Waals surface area (Å²) in [4.78, 5) is 12.3. The van der Waals surface area contributed by atoms with Gasteiger partial charge < -0.3 is 4.74 Å². The van der Waals surface area contributed by atoms with Crippen LogP contribution in [-0.2, 0) is 20.2 Å². The second kappa shape index (κ2) is 10.3. The van der Waals surface area contributed by atoms with E-state index >= 15 is 0 Å². The summed E-state index contributed by atoms with van der Waals surface area (Å²) in [5, 5.41) is 0. The van der Waals surface area contributed by atoms with Crippen LogP contribution >= 0.6 is 0 Å². The zero-order valence-electron chi connectivity index (χ0n) is 21.3. The van der Waals surface area contributed by atoms with Gasteiger partial charge in [-0.1, -0.05) is 58.9 Å². The molecule has 0 aliphatic heterocycles. The molecule has 33 heavy (non-hydrogen) atoms. The Balaban J connectivity index is 2.40. The molecule has 0 amide bonds. The highest BCUT2D eigenvalue weighted by atomic mass is 32.2. The monoisotopic (exact) mass is 473 g/mol. The predicted molar refractivity (Wildman–Crippen MR) is 137 cm³/mol. The summed E-state index contributed by atoms with van der Waals surface area (Å²) in [6.45, 7) is 15.7. The Morgan fingerprint density at radius 3 is 1.91 bits per heavy atom. The summed E-state index contributed by atoms with van der Waals surface area (Å²) < 4.78 is 32.5. The number of aryl methyl sites for hydroxylation is 2. The molecule has 1 N–H and O–H groups in total. The Labute approximate surface area is 200 Å². The van der Waals surface area contributed by atoms with Crippen molar-refractivity contribution in [2.45, 2.75) is 73.6 Å². The van der Waals surface area contributed by atoms with Gasteiger partial charge in [0.15, 0.2) is 5.78 Å². The highest BCUT2D eigenvalue weighted by Gasteiger charge is 2.32. The van der Waals surface area contributed by atoms with Gasteiger partial charge in [0.1, 0.15) is 12.4 Å². The van der Waals surface area contributed by atoms with E-state index in [1.54, 1.807) is 6.92 Å². The van der Waals surface area contributed by atoms with Gasteiger partial charge in [0.2, 0.25) is 10.0 Å². The molecule has 0 aromatic heterocycles. The van der Waals surface area contributed by atoms with Crippen LogP contribution in [0.4, 0.5) is 5.69 Å². The SMILES string of the molecule is CCC(CC)(c1ccc(NS(=O)(=O)CC)c(C)c1)c1ccc(OCC(=O)C(C)(C)C)c(C)c1. The Morgan fingerprint density at radius 1 is 0.909 bits per heavy atom. The highest BCUT2D eigenvalue weighted by molar-refractivity contribution is 7.92. The van der Waals surface area contributed by atoms with Crippen molar-refractivity contribution in [3.8, 4) is 5.75 Å². The number of carbonyl (C=O) groups is 1. The number of carbonyl (C=O) groups excluding carboxylic acids is 1. The van der Waals surface area contributed by atoms with Gasteiger partial charge in [0.05, 0.1) is 11.4 Å². The van der Waals surface area contributed by atoms with Gasteiger partial charge >= 0.3 is 0 Å². The molecule has 0 radical (unpaired) electrons. The van der Waals surface area contributed by atoms with E-state index in [2.05, 4.69) is 36.8 Å². The molecule has 182 valence electrons. The molecule has 2 rings (SSSR count). The number of benzene rings is 2. The normalized spacial score (nSPS) is 12.5. The quantitative estimate of drug-likeness (QED) is 0.448. The molecule has 0 heterocycles. The van der Waals surface area contributed by atoms with Crippen molar-refractivity contribution in [1.29, 1.82) is 0 Å². The first kappa shape index (κ1) is 26.9. The predicted octanol–water partition coefficient (Wildman–Crippen LogP) is 6.17. The van der Waals surface area contributed by atoms with Crippen molar-refractivity contribution in [1.82, 2.24) is 0 Å². The Hall–Kier alpha value is -2.34. The molecular formula is C27H39NO4S. The van der Waals surface area contributed by atoms with E-state index in [4.69, 9.17) is 4.74 Å². The molecule has 6 heteroatoms. The maximum Gasteiger partial charge on any atom is 0.232 e. The third-order valence-corrected chi connectivity index (χ3v) is 7.85. The van der Waals surface area contributed by atoms with E-state index < -0.39 is 15.4 Å². The number of Topliss-reactive ketones (excluding diaryl/α,β-unsaturated/α-hetero) is 1. The van der Waals surface area contributed by atoms with Crippen LogP contribution in [0.2, 0.25) is 0 Å². The van der Waals surface area contributed by atoms with Gasteiger partial charge in [-0.3, -0.25) is 9.52 Å². The van der Waals surface area contributed by atoms with Gasteiger partial charge in [-0.25, -0.2) is 8.42 Å². The van der Waals surface area contributed by atoms with Crippen LogP contribution in [0.15, 0.2) is 36.4 Å². The molecule has 0 saturated carbocycles. The Bertz CT molecular complexity index is 1090. The lowest BCUT2D eigenvalue weighted by Crippen LogP contribution is -2.27. The van der Waals surface area contributed by atoms with Crippen molar-refractivity contribution in [2.24, 2.45) is 5.41 Å². The first-order valence-electron chi connectivity index (χ1n) is 11.7. The van der Waals surface area contributed by atoms with Gasteiger partial charge in [-0.05, 0) is 68.0 Å². The maximum absolute atomic E-state index is 12.3. The lowest BCUT2D eigenvalue weighted by atomic mass is 9.70. The van der Waals surface area contributed by atoms with Crippen molar-refractivity contribution in [3.05, 3.63) is 58.7 Å². The third-order valence-electron chi connectivity index (χ3n) is 6.55. The Morgan fingerprint density at radius 2 is 1.45 bits per heavy atom. The maximum atomic E-state index is 12.3. The van der Waals surface area contributed by atoms with Crippen molar-refractivity contribution < 1.29 is 17.9 Å². The summed E-state index contributed by atoms with van der Waals surface area (Å²) in [6, 6.07) is 12.2. The number of ketones is 1. The lowest BCUT2D eigenvalue weighted by molar-refractivity contribution is -0.128. The minimum atomic E-state index is -3.33. The molecule has 0 atom stereocenters. The van der Waals surface area contributed by atoms with Crippen LogP contribution in [0.5, 0.6) is 5.75 Å². The highest BCUT2D eigenvalue weighted by Crippen LogP contribution is 2.41. The van der Waals surface area contributed by atoms with E-state index in [1.165, 1.54) is 5.56 Å². The average molecular weight is 474 g/mol. The van der Waals surface area contributed by atoms with Crippen LogP contribution in [0, 0.1) is 19.3 Å². The van der Waals surface area contributed by atoms with Gasteiger partial charge in [-0.15, -0.1) is 0 Å². The number of anilines is 1. The van der Waals surface area contributed by atoms with E-state index in [0.717, 1.165) is 35.3 Å². The second-order valence-electron chi connectivity index (χ2n) is 9.77. The van der Waals surface area contributed by atoms with Crippen molar-refractivity contribution in [3.63, 3.8) is 0 Å². The average Bonchev–Trinajstić information content (AvgIpc) is 2.75. The molecular weight excluding hydrogens is 434 g/mol. The second-order valence-corrected chi connectivity index (χ2v) is 11.8. The molecule has 0 spiro atoms. The van der Waals surface area contributed by atoms with Gasteiger partial charge in [0.25, 0.3) is 0 Å². The number of nitrogens with one attached hydrogen (secondary N) is 1. The fraction of sp³-hybridized carbons (Fsp3) is 0.519. The standard InChI is InChI=1S/C27H39NO4S/c1-9-27(10-2,21-12-14-23(19(4)16-21)28-33(30,31)11-3)22-13-15-24(20(5)17-22)32-18-25(29)26(6,7)8/h12-17,28H,9-11,18H2,1-8H3. The van der Waals surface area contributed by atoms with E-state index in [1.807, 2.05) is 52.8 Å². The topological polar surface area (TPSA) is 72.5 Å². The molecule has 0 unspecified atom stereocenters. The fourth-order valence-corrected chi connectivity index (χ4v) is 4.73. The minimum absolute atomic E-state index is 0.0388. The molecule has 0 saturated heterocycles. The van der Waals surface area contributed by atoms with Crippen LogP contribution in [0.3, 0.4) is 0 Å². The molecule has 2 aromatic rings. The largest absolute Gasteiger partial charge is 0.486 e. The minimum Gasteiger partial charge on any atom is -0.486 e. The first-order chi connectivity index (χ1) is 15.3. The summed E-state index contributed by atoms with van der Waals surface area (Å²) in [6.07, 6.45) is 1.79. The smallest absolute Gasteiger partial charge is 0.232 e. The van der Waals surface area contributed by atoms with Crippen LogP contribution < -0.4 is 9.46 Å². The lowest BCUT2D eigenvalue weighted by Gasteiger charge is -2.34. The van der Waals surface area contributed by atoms with Crippen LogP contribution in [0.1, 0.15) is 76.6 Å². The summed E-state index contributed by atoms with van der Waals surface area (Å²) in [5.41, 5.74) is 4.20. The molecule has 0 fully saturated rings. The summed E-state index contributed by atoms with van der Waals surface area (Å²) in [7, 11) is -3.33. The van der Waals surface area contributed by atoms with Gasteiger partial charge in [0, 0.05) is 10.8 Å². The number of ether oxygens (including phenoxy) is 1. The number of hydrogen-bond donors (Lipinski definition) is 1. The zero-order valence-corrected chi connectivity index (χ0v) is 22.2. The fourth-order valence-electron chi connectivity index (χ4n) is 4.02. The van der Waals surface area contributed by atoms with Crippen molar-refractivity contribution in [2.75, 3.05) is 17.1 Å². The number of hydrogen-bond acceptors (Lipinski definition) is 4. The molecule has 2 aromatic carbocycles. The van der Waals surface area contributed by atoms with Crippen LogP contribution in [0.25, 0.3) is 0 Å². The molecule has 0 aliphatic carbocycles. The summed E-state index contributed by atoms with van der Waals surface area (Å²) >= 11 is 0. The van der Waals surface area contributed by atoms with Crippen molar-refractivity contribution >= 4 is 21.5 Å². The molecule has 0 aliphatic rings. The van der Waals surface area contributed by atoms with E-state index in [9.17, 15) is 13.2 Å². The van der Waals surface area contributed by atoms with E-state index in [0.29, 0.717) is 5.69 Å². The van der Waals surface area contributed by atoms with Gasteiger partial charge in [-0.2, -0.15) is 0 Å². The number of rotatable bonds is 10. The third kappa shape index (κ3) is 6.17.